The van der Waals surface area contributed by atoms with E-state index in [9.17, 15) is 43.2 Å². The van der Waals surface area contributed by atoms with Gasteiger partial charge in [-0.1, -0.05) is 276 Å². The van der Waals surface area contributed by atoms with Crippen molar-refractivity contribution in [2.24, 2.45) is 0 Å². The predicted molar refractivity (Wildman–Crippen MR) is 417 cm³/mol. The van der Waals surface area contributed by atoms with Crippen LogP contribution in [0.25, 0.3) is 0 Å². The molecule has 0 heterocycles. The molecule has 19 heteroatoms. The number of esters is 4. The van der Waals surface area contributed by atoms with E-state index >= 15 is 0 Å². The molecule has 582 valence electrons. The summed E-state index contributed by atoms with van der Waals surface area (Å²) in [5.74, 6) is -2.27. The summed E-state index contributed by atoms with van der Waals surface area (Å²) in [4.78, 5) is 72.9. The number of aliphatic hydroxyl groups excluding tert-OH is 1. The molecule has 0 radical (unpaired) electrons. The number of phosphoric acid groups is 2. The van der Waals surface area contributed by atoms with Crippen molar-refractivity contribution < 1.29 is 80.2 Å². The maximum atomic E-state index is 13.1. The zero-order valence-electron chi connectivity index (χ0n) is 63.5. The predicted octanol–water partition coefficient (Wildman–Crippen LogP) is 22.7. The first-order valence-corrected chi connectivity index (χ1v) is 42.1. The van der Waals surface area contributed by atoms with Gasteiger partial charge in [0, 0.05) is 25.7 Å². The van der Waals surface area contributed by atoms with Crippen LogP contribution in [-0.2, 0) is 65.4 Å². The van der Waals surface area contributed by atoms with Gasteiger partial charge in [0.25, 0.3) is 0 Å². The highest BCUT2D eigenvalue weighted by molar-refractivity contribution is 7.47. The van der Waals surface area contributed by atoms with Crippen LogP contribution in [0.3, 0.4) is 0 Å². The van der Waals surface area contributed by atoms with Crippen molar-refractivity contribution in [1.82, 2.24) is 0 Å². The van der Waals surface area contributed by atoms with Crippen molar-refractivity contribution in [3.63, 3.8) is 0 Å². The fourth-order valence-electron chi connectivity index (χ4n) is 9.96. The Labute approximate surface area is 617 Å². The first kappa shape index (κ1) is 96.9. The lowest BCUT2D eigenvalue weighted by molar-refractivity contribution is -0.161. The van der Waals surface area contributed by atoms with Crippen molar-refractivity contribution in [2.45, 2.75) is 316 Å². The molecule has 0 aliphatic carbocycles. The van der Waals surface area contributed by atoms with Gasteiger partial charge in [-0.05, 0) is 141 Å². The Hall–Kier alpha value is -5.06. The molecule has 0 aliphatic rings. The van der Waals surface area contributed by atoms with Gasteiger partial charge >= 0.3 is 39.5 Å². The number of allylic oxidation sites excluding steroid dienone is 24. The van der Waals surface area contributed by atoms with E-state index in [-0.39, 0.29) is 25.7 Å². The first-order chi connectivity index (χ1) is 49.7. The van der Waals surface area contributed by atoms with E-state index in [4.69, 9.17) is 37.0 Å². The smallest absolute Gasteiger partial charge is 0.462 e. The number of phosphoric ester groups is 2. The summed E-state index contributed by atoms with van der Waals surface area (Å²) in [5.41, 5.74) is 0. The first-order valence-electron chi connectivity index (χ1n) is 39.1. The van der Waals surface area contributed by atoms with Gasteiger partial charge in [-0.25, -0.2) is 9.13 Å². The lowest BCUT2D eigenvalue weighted by Crippen LogP contribution is -2.30. The van der Waals surface area contributed by atoms with Gasteiger partial charge in [0.1, 0.15) is 19.3 Å². The molecule has 5 atom stereocenters. The van der Waals surface area contributed by atoms with Crippen LogP contribution in [0.15, 0.2) is 146 Å². The van der Waals surface area contributed by atoms with Gasteiger partial charge in [-0.2, -0.15) is 0 Å². The molecule has 102 heavy (non-hydrogen) atoms. The molecule has 0 aliphatic heterocycles. The zero-order valence-corrected chi connectivity index (χ0v) is 65.3. The minimum atomic E-state index is -4.99. The maximum Gasteiger partial charge on any atom is 0.472 e. The molecule has 0 aromatic rings. The Morgan fingerprint density at radius 2 is 0.510 bits per heavy atom. The van der Waals surface area contributed by atoms with Gasteiger partial charge in [0.2, 0.25) is 0 Å². The molecular weight excluding hydrogens is 1330 g/mol. The number of ether oxygens (including phenoxy) is 4. The summed E-state index contributed by atoms with van der Waals surface area (Å²) in [6, 6.07) is 0. The highest BCUT2D eigenvalue weighted by Crippen LogP contribution is 2.45. The summed E-state index contributed by atoms with van der Waals surface area (Å²) in [6.45, 7) is 4.43. The second-order valence-corrected chi connectivity index (χ2v) is 28.4. The average molecular weight is 1470 g/mol. The minimum Gasteiger partial charge on any atom is -0.462 e. The van der Waals surface area contributed by atoms with Crippen LogP contribution in [0.5, 0.6) is 0 Å². The Kier molecular flexibility index (Phi) is 70.5. The standard InChI is InChI=1S/C83H138O17P2/c1-5-9-13-17-21-25-29-32-35-37-38-40-42-45-49-52-56-60-64-68-81(86)94-74-79(100-83(88)70-66-62-58-54-50-46-43-39-36-33-30-26-22-18-14-10-6-2)76-98-102(91,92)96-72-77(84)71-95-101(89,90)97-75-78(99-82(87)69-65-61-57-53-47-28-24-20-16-12-8-4)73-93-80(85)67-63-59-55-51-48-44-41-34-31-27-23-19-15-11-7-3/h9-11,13-15,21-23,25-27,32-36,38,40-41,43,46,48,51,77-79,84H,5-8,12,16-20,24,28-31,37,39,42,44-45,47,49-50,52-76H2,1-4H3,(H,89,90)(H,91,92)/b13-9-,14-10-,15-11-,25-21-,26-22-,27-23-,35-32-,36-33-,40-38-,41-34-,46-43-,51-48-. The molecule has 17 nitrogen and oxygen atoms in total. The summed E-state index contributed by atoms with van der Waals surface area (Å²) >= 11 is 0. The molecule has 0 amide bonds. The molecule has 3 N–H and O–H groups in total. The van der Waals surface area contributed by atoms with E-state index in [1.54, 1.807) is 0 Å². The summed E-state index contributed by atoms with van der Waals surface area (Å²) < 4.78 is 68.5. The molecule has 0 aromatic heterocycles. The van der Waals surface area contributed by atoms with Crippen LogP contribution in [-0.4, -0.2) is 96.7 Å². The summed E-state index contributed by atoms with van der Waals surface area (Å²) in [6.07, 6.45) is 84.1. The summed E-state index contributed by atoms with van der Waals surface area (Å²) in [5, 5.41) is 10.6. The monoisotopic (exact) mass is 1470 g/mol. The van der Waals surface area contributed by atoms with Gasteiger partial charge in [0.05, 0.1) is 26.4 Å². The van der Waals surface area contributed by atoms with Gasteiger partial charge in [-0.3, -0.25) is 37.3 Å². The topological polar surface area (TPSA) is 237 Å². The number of hydrogen-bond acceptors (Lipinski definition) is 15. The normalized spacial score (nSPS) is 14.7. The quantitative estimate of drug-likeness (QED) is 0.0169. The number of carbonyl (C=O) groups is 4. The number of rotatable bonds is 72. The van der Waals surface area contributed by atoms with Crippen LogP contribution >= 0.6 is 15.6 Å². The van der Waals surface area contributed by atoms with Gasteiger partial charge in [0.15, 0.2) is 12.2 Å². The molecule has 0 saturated carbocycles. The average Bonchev–Trinajstić information content (AvgIpc) is 0.921. The lowest BCUT2D eigenvalue weighted by atomic mass is 10.1. The van der Waals surface area contributed by atoms with Crippen molar-refractivity contribution in [1.29, 1.82) is 0 Å². The van der Waals surface area contributed by atoms with Gasteiger partial charge < -0.3 is 33.8 Å². The third-order valence-electron chi connectivity index (χ3n) is 15.8. The second kappa shape index (κ2) is 74.2. The van der Waals surface area contributed by atoms with Crippen LogP contribution in [0.4, 0.5) is 0 Å². The highest BCUT2D eigenvalue weighted by Gasteiger charge is 2.30. The van der Waals surface area contributed by atoms with E-state index in [1.165, 1.54) is 38.5 Å². The largest absolute Gasteiger partial charge is 0.472 e. The van der Waals surface area contributed by atoms with E-state index in [0.29, 0.717) is 25.7 Å². The Morgan fingerprint density at radius 1 is 0.284 bits per heavy atom. The van der Waals surface area contributed by atoms with Crippen molar-refractivity contribution in [3.8, 4) is 0 Å². The van der Waals surface area contributed by atoms with Crippen LogP contribution in [0.2, 0.25) is 0 Å². The Balaban J connectivity index is 5.41. The lowest BCUT2D eigenvalue weighted by Gasteiger charge is -2.21. The van der Waals surface area contributed by atoms with Gasteiger partial charge in [-0.15, -0.1) is 0 Å². The fraction of sp³-hybridized carbons (Fsp3) is 0.663. The molecule has 0 spiro atoms. The number of aliphatic hydroxyl groups is 1. The number of unbranched alkanes of at least 4 members (excludes halogenated alkanes) is 22. The van der Waals surface area contributed by atoms with Crippen molar-refractivity contribution >= 4 is 39.5 Å². The third-order valence-corrected chi connectivity index (χ3v) is 17.7. The van der Waals surface area contributed by atoms with Crippen LogP contribution < -0.4 is 0 Å². The zero-order chi connectivity index (χ0) is 74.6. The fourth-order valence-corrected chi connectivity index (χ4v) is 11.5. The van der Waals surface area contributed by atoms with Crippen molar-refractivity contribution in [3.05, 3.63) is 146 Å². The van der Waals surface area contributed by atoms with Crippen LogP contribution in [0.1, 0.15) is 297 Å². The van der Waals surface area contributed by atoms with Crippen LogP contribution in [0, 0.1) is 0 Å². The Bertz CT molecular complexity index is 2510. The van der Waals surface area contributed by atoms with E-state index in [0.717, 1.165) is 180 Å². The van der Waals surface area contributed by atoms with E-state index < -0.39 is 97.5 Å². The molecule has 0 aromatic carbocycles. The summed E-state index contributed by atoms with van der Waals surface area (Å²) in [7, 11) is -9.98. The maximum absolute atomic E-state index is 13.1. The minimum absolute atomic E-state index is 0.0586. The Morgan fingerprint density at radius 3 is 0.804 bits per heavy atom. The van der Waals surface area contributed by atoms with E-state index in [1.807, 2.05) is 0 Å². The second-order valence-electron chi connectivity index (χ2n) is 25.5. The third kappa shape index (κ3) is 73.3. The number of hydrogen-bond donors (Lipinski definition) is 3. The van der Waals surface area contributed by atoms with E-state index in [2.05, 4.69) is 174 Å². The molecule has 5 unspecified atom stereocenters. The molecular formula is C83H138O17P2. The highest BCUT2D eigenvalue weighted by atomic mass is 31.2. The molecule has 0 bridgehead atoms. The van der Waals surface area contributed by atoms with Crippen molar-refractivity contribution in [2.75, 3.05) is 39.6 Å². The molecule has 0 saturated heterocycles. The molecule has 0 rings (SSSR count). The SMILES string of the molecule is CC/C=C\C/C=C\C/C=C\C/C=C\CCCCCCCCC(=O)OCC(COP(=O)(O)OCC(O)COP(=O)(O)OCC(COC(=O)CCCC/C=C\C/C=C\C/C=C\C/C=C\CC)OC(=O)CCCCCCCCCCCCC)OC(=O)CCCCCC/C=C\C/C=C\C/C=C\C/C=C\CC. The number of carbonyl (C=O) groups excluding carboxylic acids is 4. The molecule has 0 fully saturated rings.